The molecule has 0 spiro atoms. The van der Waals surface area contributed by atoms with Crippen molar-refractivity contribution in [2.75, 3.05) is 13.1 Å². The van der Waals surface area contributed by atoms with Crippen LogP contribution in [0.2, 0.25) is 0 Å². The summed E-state index contributed by atoms with van der Waals surface area (Å²) in [7, 11) is 0. The third kappa shape index (κ3) is 3.03. The van der Waals surface area contributed by atoms with Crippen LogP contribution in [0.4, 0.5) is 0 Å². The number of rotatable bonds is 3. The van der Waals surface area contributed by atoms with Crippen LogP contribution in [0.25, 0.3) is 0 Å². The molecular formula is C15H29NO. The Morgan fingerprint density at radius 2 is 1.47 bits per heavy atom. The summed E-state index contributed by atoms with van der Waals surface area (Å²) in [6.45, 7) is 6.84. The zero-order valence-electron chi connectivity index (χ0n) is 11.6. The minimum Gasteiger partial charge on any atom is -0.391 e. The van der Waals surface area contributed by atoms with E-state index in [-0.39, 0.29) is 11.6 Å². The van der Waals surface area contributed by atoms with E-state index in [2.05, 4.69) is 18.7 Å². The Kier molecular flexibility index (Phi) is 4.48. The first kappa shape index (κ1) is 13.4. The lowest BCUT2D eigenvalue weighted by Crippen LogP contribution is -2.53. The van der Waals surface area contributed by atoms with Gasteiger partial charge < -0.3 is 5.11 Å². The van der Waals surface area contributed by atoms with Gasteiger partial charge in [-0.2, -0.15) is 0 Å². The van der Waals surface area contributed by atoms with E-state index < -0.39 is 0 Å². The second-order valence-corrected chi connectivity index (χ2v) is 6.54. The summed E-state index contributed by atoms with van der Waals surface area (Å²) >= 11 is 0. The fourth-order valence-corrected chi connectivity index (χ4v) is 3.68. The molecule has 100 valence electrons. The van der Waals surface area contributed by atoms with Crippen LogP contribution >= 0.6 is 0 Å². The second-order valence-electron chi connectivity index (χ2n) is 6.54. The van der Waals surface area contributed by atoms with Gasteiger partial charge >= 0.3 is 0 Å². The molecule has 2 aliphatic rings. The summed E-state index contributed by atoms with van der Waals surface area (Å²) in [6, 6.07) is 0. The third-order valence-corrected chi connectivity index (χ3v) is 4.99. The normalized spacial score (nSPS) is 27.0. The van der Waals surface area contributed by atoms with Crippen molar-refractivity contribution in [3.63, 3.8) is 0 Å². The van der Waals surface area contributed by atoms with Crippen molar-refractivity contribution in [2.45, 2.75) is 76.9 Å². The first-order valence-electron chi connectivity index (χ1n) is 7.55. The van der Waals surface area contributed by atoms with Crippen molar-refractivity contribution in [3.05, 3.63) is 0 Å². The van der Waals surface area contributed by atoms with Crippen molar-refractivity contribution in [1.29, 1.82) is 0 Å². The lowest BCUT2D eigenvalue weighted by atomic mass is 9.81. The molecule has 1 heterocycles. The van der Waals surface area contributed by atoms with Crippen molar-refractivity contribution in [2.24, 2.45) is 5.92 Å². The lowest BCUT2D eigenvalue weighted by molar-refractivity contribution is -0.0364. The van der Waals surface area contributed by atoms with Crippen LogP contribution in [-0.4, -0.2) is 34.7 Å². The Balaban J connectivity index is 1.98. The van der Waals surface area contributed by atoms with Crippen molar-refractivity contribution >= 4 is 0 Å². The fourth-order valence-electron chi connectivity index (χ4n) is 3.68. The van der Waals surface area contributed by atoms with Crippen LogP contribution in [0.15, 0.2) is 0 Å². The van der Waals surface area contributed by atoms with Gasteiger partial charge in [0.1, 0.15) is 0 Å². The SMILES string of the molecule is CC(C)(C(O)C1CCCCCC1)N1CCCC1. The topological polar surface area (TPSA) is 23.5 Å². The van der Waals surface area contributed by atoms with E-state index in [0.717, 1.165) is 0 Å². The maximum atomic E-state index is 10.7. The highest BCUT2D eigenvalue weighted by Crippen LogP contribution is 2.34. The van der Waals surface area contributed by atoms with Crippen LogP contribution < -0.4 is 0 Å². The maximum absolute atomic E-state index is 10.7. The van der Waals surface area contributed by atoms with Gasteiger partial charge in [0.25, 0.3) is 0 Å². The van der Waals surface area contributed by atoms with Gasteiger partial charge in [0, 0.05) is 5.54 Å². The molecule has 0 radical (unpaired) electrons. The van der Waals surface area contributed by atoms with Crippen LogP contribution in [-0.2, 0) is 0 Å². The van der Waals surface area contributed by atoms with E-state index in [1.807, 2.05) is 0 Å². The molecule has 17 heavy (non-hydrogen) atoms. The van der Waals surface area contributed by atoms with Gasteiger partial charge in [0.05, 0.1) is 6.10 Å². The highest BCUT2D eigenvalue weighted by atomic mass is 16.3. The molecule has 0 aromatic carbocycles. The first-order valence-corrected chi connectivity index (χ1v) is 7.55. The summed E-state index contributed by atoms with van der Waals surface area (Å²) in [5, 5.41) is 10.7. The fraction of sp³-hybridized carbons (Fsp3) is 1.00. The Labute approximate surface area is 106 Å². The van der Waals surface area contributed by atoms with Gasteiger partial charge in [-0.05, 0) is 58.5 Å². The molecule has 0 aromatic rings. The molecule has 1 atom stereocenters. The van der Waals surface area contributed by atoms with Gasteiger partial charge in [0.2, 0.25) is 0 Å². The highest BCUT2D eigenvalue weighted by Gasteiger charge is 2.39. The molecule has 2 rings (SSSR count). The average molecular weight is 239 g/mol. The maximum Gasteiger partial charge on any atom is 0.0746 e. The van der Waals surface area contributed by atoms with Crippen LogP contribution in [0.1, 0.15) is 65.2 Å². The van der Waals surface area contributed by atoms with Gasteiger partial charge in [0.15, 0.2) is 0 Å². The summed E-state index contributed by atoms with van der Waals surface area (Å²) < 4.78 is 0. The van der Waals surface area contributed by atoms with Crippen molar-refractivity contribution in [3.8, 4) is 0 Å². The molecule has 1 saturated carbocycles. The van der Waals surface area contributed by atoms with Crippen molar-refractivity contribution < 1.29 is 5.11 Å². The third-order valence-electron chi connectivity index (χ3n) is 4.99. The molecule has 0 amide bonds. The molecule has 1 aliphatic carbocycles. The minimum atomic E-state index is -0.140. The zero-order chi connectivity index (χ0) is 12.3. The molecule has 1 N–H and O–H groups in total. The Hall–Kier alpha value is -0.0800. The average Bonchev–Trinajstić information content (AvgIpc) is 2.72. The Bertz CT molecular complexity index is 225. The van der Waals surface area contributed by atoms with Gasteiger partial charge in [-0.25, -0.2) is 0 Å². The second kappa shape index (κ2) is 5.71. The molecule has 1 unspecified atom stereocenters. The number of likely N-dealkylation sites (tertiary alicyclic amines) is 1. The predicted octanol–water partition coefficient (Wildman–Crippen LogP) is 3.19. The van der Waals surface area contributed by atoms with E-state index in [0.29, 0.717) is 5.92 Å². The van der Waals surface area contributed by atoms with E-state index in [1.165, 1.54) is 64.5 Å². The van der Waals surface area contributed by atoms with Gasteiger partial charge in [-0.1, -0.05) is 25.7 Å². The molecule has 0 bridgehead atoms. The number of nitrogens with zero attached hydrogens (tertiary/aromatic N) is 1. The Morgan fingerprint density at radius 1 is 0.941 bits per heavy atom. The highest BCUT2D eigenvalue weighted by molar-refractivity contribution is 4.94. The first-order chi connectivity index (χ1) is 8.12. The summed E-state index contributed by atoms with van der Waals surface area (Å²) in [4.78, 5) is 2.50. The molecule has 0 aromatic heterocycles. The van der Waals surface area contributed by atoms with E-state index in [4.69, 9.17) is 0 Å². The molecule has 2 heteroatoms. The van der Waals surface area contributed by atoms with Gasteiger partial charge in [-0.15, -0.1) is 0 Å². The standard InChI is InChI=1S/C15H29NO/c1-15(2,16-11-7-8-12-16)14(17)13-9-5-3-4-6-10-13/h13-14,17H,3-12H2,1-2H3. The molecule has 1 saturated heterocycles. The smallest absolute Gasteiger partial charge is 0.0746 e. The summed E-state index contributed by atoms with van der Waals surface area (Å²) in [5.74, 6) is 0.535. The predicted molar refractivity (Wildman–Crippen MR) is 72.1 cm³/mol. The number of hydrogen-bond acceptors (Lipinski definition) is 2. The molecule has 2 nitrogen and oxygen atoms in total. The number of hydrogen-bond donors (Lipinski definition) is 1. The quantitative estimate of drug-likeness (QED) is 0.765. The minimum absolute atomic E-state index is 0.0223. The molecule has 2 fully saturated rings. The number of aliphatic hydroxyl groups is 1. The largest absolute Gasteiger partial charge is 0.391 e. The van der Waals surface area contributed by atoms with E-state index in [1.54, 1.807) is 0 Å². The van der Waals surface area contributed by atoms with Crippen molar-refractivity contribution in [1.82, 2.24) is 4.90 Å². The Morgan fingerprint density at radius 3 is 2.00 bits per heavy atom. The van der Waals surface area contributed by atoms with E-state index in [9.17, 15) is 5.11 Å². The van der Waals surface area contributed by atoms with Crippen LogP contribution in [0.5, 0.6) is 0 Å². The zero-order valence-corrected chi connectivity index (χ0v) is 11.6. The van der Waals surface area contributed by atoms with Crippen LogP contribution in [0, 0.1) is 5.92 Å². The van der Waals surface area contributed by atoms with Crippen LogP contribution in [0.3, 0.4) is 0 Å². The van der Waals surface area contributed by atoms with E-state index >= 15 is 0 Å². The molecular weight excluding hydrogens is 210 g/mol. The van der Waals surface area contributed by atoms with Gasteiger partial charge in [-0.3, -0.25) is 4.90 Å². The lowest BCUT2D eigenvalue weighted by Gasteiger charge is -2.42. The summed E-state index contributed by atoms with van der Waals surface area (Å²) in [5.41, 5.74) is -0.0223. The monoisotopic (exact) mass is 239 g/mol. The molecule has 1 aliphatic heterocycles. The summed E-state index contributed by atoms with van der Waals surface area (Å²) in [6.07, 6.45) is 10.3. The number of aliphatic hydroxyl groups excluding tert-OH is 1.